The molecule has 0 bridgehead atoms. The predicted molar refractivity (Wildman–Crippen MR) is 96.3 cm³/mol. The lowest BCUT2D eigenvalue weighted by atomic mass is 10.0. The lowest BCUT2D eigenvalue weighted by Crippen LogP contribution is -2.10. The largest absolute Gasteiger partial charge is 0.478 e. The number of carboxylic acids is 1. The number of fused-ring (bicyclic) bond motifs is 2. The van der Waals surface area contributed by atoms with Crippen molar-refractivity contribution in [3.05, 3.63) is 57.2 Å². The Morgan fingerprint density at radius 3 is 2.48 bits per heavy atom. The van der Waals surface area contributed by atoms with E-state index in [4.69, 9.17) is 14.3 Å². The molecular formula is C20H20O5. The molecule has 0 aliphatic carbocycles. The van der Waals surface area contributed by atoms with Gasteiger partial charge in [-0.05, 0) is 63.6 Å². The second kappa shape index (κ2) is 6.33. The molecule has 0 fully saturated rings. The fraction of sp³-hybridized carbons (Fsp3) is 0.300. The molecule has 5 heteroatoms. The third kappa shape index (κ3) is 3.15. The number of benzene rings is 2. The van der Waals surface area contributed by atoms with Gasteiger partial charge in [0.25, 0.3) is 0 Å². The van der Waals surface area contributed by atoms with Crippen LogP contribution in [0.5, 0.6) is 0 Å². The van der Waals surface area contributed by atoms with E-state index >= 15 is 0 Å². The number of hydrogen-bond donors (Lipinski definition) is 1. The number of carboxylic acid groups (broad SMARTS) is 1. The van der Waals surface area contributed by atoms with Gasteiger partial charge in [-0.1, -0.05) is 0 Å². The average molecular weight is 340 g/mol. The molecule has 2 aromatic carbocycles. The van der Waals surface area contributed by atoms with Crippen LogP contribution < -0.4 is 5.43 Å². The van der Waals surface area contributed by atoms with E-state index in [1.54, 1.807) is 6.07 Å². The van der Waals surface area contributed by atoms with Gasteiger partial charge in [0, 0.05) is 5.56 Å². The summed E-state index contributed by atoms with van der Waals surface area (Å²) in [6.45, 7) is 7.73. The van der Waals surface area contributed by atoms with E-state index in [9.17, 15) is 9.59 Å². The molecule has 25 heavy (non-hydrogen) atoms. The Bertz CT molecular complexity index is 1030. The van der Waals surface area contributed by atoms with Crippen molar-refractivity contribution in [1.82, 2.24) is 0 Å². The summed E-state index contributed by atoms with van der Waals surface area (Å²) in [4.78, 5) is 24.1. The molecule has 1 heterocycles. The SMILES string of the molecule is Cc1cc(C(C)OC(C)C)c2oc3ccc(C(=O)O)cc3c(=O)c2c1. The summed E-state index contributed by atoms with van der Waals surface area (Å²) in [7, 11) is 0. The molecule has 3 rings (SSSR count). The first-order valence-electron chi connectivity index (χ1n) is 8.17. The first kappa shape index (κ1) is 17.2. The van der Waals surface area contributed by atoms with E-state index in [1.807, 2.05) is 33.8 Å². The van der Waals surface area contributed by atoms with Crippen molar-refractivity contribution < 1.29 is 19.1 Å². The number of rotatable bonds is 4. The molecule has 0 spiro atoms. The Balaban J connectivity index is 2.34. The molecule has 0 saturated heterocycles. The molecule has 0 amide bonds. The third-order valence-electron chi connectivity index (χ3n) is 4.10. The van der Waals surface area contributed by atoms with Crippen LogP contribution in [0.25, 0.3) is 21.9 Å². The maximum absolute atomic E-state index is 12.9. The number of aromatic carboxylic acids is 1. The van der Waals surface area contributed by atoms with Crippen molar-refractivity contribution in [2.45, 2.75) is 39.9 Å². The number of carbonyl (C=O) groups is 1. The fourth-order valence-electron chi connectivity index (χ4n) is 3.05. The minimum atomic E-state index is -1.08. The van der Waals surface area contributed by atoms with E-state index in [-0.39, 0.29) is 28.6 Å². The first-order chi connectivity index (χ1) is 11.8. The molecule has 0 aliphatic rings. The maximum Gasteiger partial charge on any atom is 0.335 e. The summed E-state index contributed by atoms with van der Waals surface area (Å²) in [5.41, 5.74) is 2.40. The Labute approximate surface area is 144 Å². The Kier molecular flexibility index (Phi) is 4.35. The predicted octanol–water partition coefficient (Wildman–Crippen LogP) is 4.44. The second-order valence-electron chi connectivity index (χ2n) is 6.51. The van der Waals surface area contributed by atoms with Crippen molar-refractivity contribution in [1.29, 1.82) is 0 Å². The average Bonchev–Trinajstić information content (AvgIpc) is 2.54. The van der Waals surface area contributed by atoms with Gasteiger partial charge >= 0.3 is 5.97 Å². The van der Waals surface area contributed by atoms with Gasteiger partial charge in [-0.15, -0.1) is 0 Å². The molecule has 1 N–H and O–H groups in total. The minimum absolute atomic E-state index is 0.0378. The summed E-state index contributed by atoms with van der Waals surface area (Å²) in [6.07, 6.45) is -0.197. The summed E-state index contributed by atoms with van der Waals surface area (Å²) in [6, 6.07) is 8.03. The first-order valence-corrected chi connectivity index (χ1v) is 8.17. The Hall–Kier alpha value is -2.66. The highest BCUT2D eigenvalue weighted by Gasteiger charge is 2.18. The lowest BCUT2D eigenvalue weighted by molar-refractivity contribution is 0.0182. The summed E-state index contributed by atoms with van der Waals surface area (Å²) in [5.74, 6) is -1.08. The summed E-state index contributed by atoms with van der Waals surface area (Å²) >= 11 is 0. The van der Waals surface area contributed by atoms with Crippen molar-refractivity contribution in [2.24, 2.45) is 0 Å². The van der Waals surface area contributed by atoms with E-state index in [1.165, 1.54) is 18.2 Å². The van der Waals surface area contributed by atoms with Gasteiger partial charge in [0.2, 0.25) is 5.43 Å². The van der Waals surface area contributed by atoms with Gasteiger partial charge in [0.15, 0.2) is 0 Å². The van der Waals surface area contributed by atoms with Crippen molar-refractivity contribution in [3.8, 4) is 0 Å². The van der Waals surface area contributed by atoms with E-state index in [2.05, 4.69) is 0 Å². The Morgan fingerprint density at radius 2 is 1.84 bits per heavy atom. The van der Waals surface area contributed by atoms with Crippen LogP contribution in [0.15, 0.2) is 39.5 Å². The van der Waals surface area contributed by atoms with E-state index < -0.39 is 5.97 Å². The molecular weight excluding hydrogens is 320 g/mol. The van der Waals surface area contributed by atoms with Crippen LogP contribution in [0, 0.1) is 6.92 Å². The number of aryl methyl sites for hydroxylation is 1. The molecule has 0 radical (unpaired) electrons. The standard InChI is InChI=1S/C20H20O5/c1-10(2)24-12(4)14-7-11(3)8-16-18(21)15-9-13(20(22)23)5-6-17(15)25-19(14)16/h5-10,12H,1-4H3,(H,22,23). The van der Waals surface area contributed by atoms with Gasteiger partial charge in [0.1, 0.15) is 11.2 Å². The fourth-order valence-corrected chi connectivity index (χ4v) is 3.05. The monoisotopic (exact) mass is 340 g/mol. The molecule has 130 valence electrons. The Morgan fingerprint density at radius 1 is 1.12 bits per heavy atom. The van der Waals surface area contributed by atoms with Gasteiger partial charge in [-0.2, -0.15) is 0 Å². The van der Waals surface area contributed by atoms with Crippen LogP contribution in [0.2, 0.25) is 0 Å². The second-order valence-corrected chi connectivity index (χ2v) is 6.51. The highest BCUT2D eigenvalue weighted by atomic mass is 16.5. The van der Waals surface area contributed by atoms with Crippen LogP contribution in [-0.2, 0) is 4.74 Å². The molecule has 1 atom stereocenters. The normalized spacial score (nSPS) is 12.8. The number of hydrogen-bond acceptors (Lipinski definition) is 4. The van der Waals surface area contributed by atoms with Crippen molar-refractivity contribution >= 4 is 27.9 Å². The minimum Gasteiger partial charge on any atom is -0.478 e. The quantitative estimate of drug-likeness (QED) is 0.711. The van der Waals surface area contributed by atoms with E-state index in [0.717, 1.165) is 11.1 Å². The van der Waals surface area contributed by atoms with Gasteiger partial charge < -0.3 is 14.3 Å². The van der Waals surface area contributed by atoms with Crippen molar-refractivity contribution in [3.63, 3.8) is 0 Å². The van der Waals surface area contributed by atoms with Gasteiger partial charge in [-0.3, -0.25) is 4.79 Å². The highest BCUT2D eigenvalue weighted by Crippen LogP contribution is 2.30. The smallest absolute Gasteiger partial charge is 0.335 e. The third-order valence-corrected chi connectivity index (χ3v) is 4.10. The zero-order valence-electron chi connectivity index (χ0n) is 14.6. The number of ether oxygens (including phenoxy) is 1. The van der Waals surface area contributed by atoms with Gasteiger partial charge in [-0.25, -0.2) is 4.79 Å². The summed E-state index contributed by atoms with van der Waals surface area (Å²) < 4.78 is 11.8. The molecule has 1 unspecified atom stereocenters. The highest BCUT2D eigenvalue weighted by molar-refractivity contribution is 5.96. The molecule has 0 aliphatic heterocycles. The molecule has 3 aromatic rings. The maximum atomic E-state index is 12.9. The molecule has 5 nitrogen and oxygen atoms in total. The lowest BCUT2D eigenvalue weighted by Gasteiger charge is -2.18. The van der Waals surface area contributed by atoms with Crippen LogP contribution >= 0.6 is 0 Å². The summed E-state index contributed by atoms with van der Waals surface area (Å²) in [5, 5.41) is 9.84. The zero-order valence-corrected chi connectivity index (χ0v) is 14.6. The van der Waals surface area contributed by atoms with Gasteiger partial charge in [0.05, 0.1) is 28.5 Å². The molecule has 0 saturated carbocycles. The molecule has 1 aromatic heterocycles. The van der Waals surface area contributed by atoms with Crippen LogP contribution in [0.4, 0.5) is 0 Å². The van der Waals surface area contributed by atoms with E-state index in [0.29, 0.717) is 16.6 Å². The zero-order chi connectivity index (χ0) is 18.3. The van der Waals surface area contributed by atoms with Crippen LogP contribution in [0.3, 0.4) is 0 Å². The van der Waals surface area contributed by atoms with Crippen LogP contribution in [-0.4, -0.2) is 17.2 Å². The van der Waals surface area contributed by atoms with Crippen molar-refractivity contribution in [2.75, 3.05) is 0 Å². The van der Waals surface area contributed by atoms with Crippen LogP contribution in [0.1, 0.15) is 48.4 Å². The topological polar surface area (TPSA) is 76.7 Å².